The Morgan fingerprint density at radius 3 is 2.29 bits per heavy atom. The van der Waals surface area contributed by atoms with Crippen LogP contribution in [-0.4, -0.2) is 30.5 Å². The molecular formula is C20H19NO3. The Morgan fingerprint density at radius 1 is 1.17 bits per heavy atom. The van der Waals surface area contributed by atoms with E-state index in [0.717, 1.165) is 11.1 Å². The molecule has 0 radical (unpaired) electrons. The highest BCUT2D eigenvalue weighted by molar-refractivity contribution is 5.79. The first kappa shape index (κ1) is 16.1. The van der Waals surface area contributed by atoms with Crippen LogP contribution in [0.2, 0.25) is 0 Å². The summed E-state index contributed by atoms with van der Waals surface area (Å²) < 4.78 is 5.39. The predicted octanol–water partition coefficient (Wildman–Crippen LogP) is 2.91. The van der Waals surface area contributed by atoms with Gasteiger partial charge in [0.15, 0.2) is 0 Å². The van der Waals surface area contributed by atoms with Crippen molar-refractivity contribution in [3.63, 3.8) is 0 Å². The van der Waals surface area contributed by atoms with E-state index in [9.17, 15) is 9.90 Å². The molecule has 0 saturated carbocycles. The molecule has 2 aromatic carbocycles. The van der Waals surface area contributed by atoms with Crippen molar-refractivity contribution < 1.29 is 14.6 Å². The van der Waals surface area contributed by atoms with Crippen molar-refractivity contribution in [1.29, 1.82) is 0 Å². The van der Waals surface area contributed by atoms with Crippen LogP contribution in [0.3, 0.4) is 0 Å². The zero-order valence-corrected chi connectivity index (χ0v) is 13.2. The second-order valence-electron chi connectivity index (χ2n) is 5.76. The lowest BCUT2D eigenvalue weighted by Crippen LogP contribution is -2.38. The molecule has 2 N–H and O–H groups in total. The monoisotopic (exact) mass is 321 g/mol. The zero-order valence-electron chi connectivity index (χ0n) is 13.2. The van der Waals surface area contributed by atoms with E-state index in [1.54, 1.807) is 0 Å². The summed E-state index contributed by atoms with van der Waals surface area (Å²) in [6.45, 7) is 0.0302. The molecule has 1 unspecified atom stereocenters. The van der Waals surface area contributed by atoms with Gasteiger partial charge in [0.2, 0.25) is 0 Å². The van der Waals surface area contributed by atoms with E-state index in [-0.39, 0.29) is 25.6 Å². The second kappa shape index (κ2) is 7.20. The van der Waals surface area contributed by atoms with Crippen LogP contribution in [0.25, 0.3) is 11.1 Å². The van der Waals surface area contributed by atoms with E-state index < -0.39 is 12.1 Å². The van der Waals surface area contributed by atoms with Crippen LogP contribution in [0.4, 0.5) is 4.79 Å². The number of hydrogen-bond acceptors (Lipinski definition) is 3. The summed E-state index contributed by atoms with van der Waals surface area (Å²) in [5, 5.41) is 11.8. The summed E-state index contributed by atoms with van der Waals surface area (Å²) in [4.78, 5) is 12.0. The maximum atomic E-state index is 12.0. The van der Waals surface area contributed by atoms with Crippen molar-refractivity contribution >= 4 is 6.09 Å². The standard InChI is InChI=1S/C20H19NO3/c1-2-7-14(12-22)21-20(23)24-13-19-17-10-5-3-8-15(17)16-9-4-6-11-18(16)19/h1,3-6,8-11,14,19,22H,7,12-13H2,(H,21,23). The summed E-state index contributed by atoms with van der Waals surface area (Å²) in [7, 11) is 0. The molecule has 24 heavy (non-hydrogen) atoms. The van der Waals surface area contributed by atoms with Gasteiger partial charge in [-0.25, -0.2) is 4.79 Å². The van der Waals surface area contributed by atoms with Crippen molar-refractivity contribution in [3.05, 3.63) is 59.7 Å². The second-order valence-corrected chi connectivity index (χ2v) is 5.76. The minimum Gasteiger partial charge on any atom is -0.449 e. The molecule has 0 heterocycles. The van der Waals surface area contributed by atoms with E-state index in [0.29, 0.717) is 0 Å². The molecule has 4 nitrogen and oxygen atoms in total. The van der Waals surface area contributed by atoms with Crippen LogP contribution in [0.1, 0.15) is 23.5 Å². The van der Waals surface area contributed by atoms with E-state index in [1.807, 2.05) is 24.3 Å². The number of aliphatic hydroxyl groups is 1. The molecule has 4 heteroatoms. The number of amides is 1. The first-order valence-corrected chi connectivity index (χ1v) is 7.90. The Balaban J connectivity index is 1.72. The molecule has 1 aliphatic carbocycles. The van der Waals surface area contributed by atoms with Gasteiger partial charge in [-0.1, -0.05) is 48.5 Å². The quantitative estimate of drug-likeness (QED) is 0.833. The highest BCUT2D eigenvalue weighted by Gasteiger charge is 2.29. The molecule has 0 bridgehead atoms. The Kier molecular flexibility index (Phi) is 4.83. The lowest BCUT2D eigenvalue weighted by molar-refractivity contribution is 0.133. The van der Waals surface area contributed by atoms with Crippen molar-refractivity contribution in [1.82, 2.24) is 5.32 Å². The van der Waals surface area contributed by atoms with E-state index in [2.05, 4.69) is 35.5 Å². The number of hydrogen-bond donors (Lipinski definition) is 2. The SMILES string of the molecule is C#CCC(CO)NC(=O)OCC1c2ccccc2-c2ccccc21. The van der Waals surface area contributed by atoms with Gasteiger partial charge in [-0.05, 0) is 22.3 Å². The number of carbonyl (C=O) groups excluding carboxylic acids is 1. The predicted molar refractivity (Wildman–Crippen MR) is 92.5 cm³/mol. The molecular weight excluding hydrogens is 302 g/mol. The topological polar surface area (TPSA) is 58.6 Å². The van der Waals surface area contributed by atoms with Crippen LogP contribution < -0.4 is 5.32 Å². The van der Waals surface area contributed by atoms with E-state index in [1.165, 1.54) is 11.1 Å². The fraction of sp³-hybridized carbons (Fsp3) is 0.250. The third kappa shape index (κ3) is 3.12. The van der Waals surface area contributed by atoms with Gasteiger partial charge in [0, 0.05) is 12.3 Å². The van der Waals surface area contributed by atoms with E-state index in [4.69, 9.17) is 11.2 Å². The lowest BCUT2D eigenvalue weighted by atomic mass is 9.98. The molecule has 3 rings (SSSR count). The molecule has 2 aromatic rings. The summed E-state index contributed by atoms with van der Waals surface area (Å²) in [6, 6.07) is 15.8. The number of rotatable bonds is 5. The number of alkyl carbamates (subject to hydrolysis) is 1. The van der Waals surface area contributed by atoms with Crippen LogP contribution in [0.15, 0.2) is 48.5 Å². The molecule has 0 spiro atoms. The minimum atomic E-state index is -0.564. The van der Waals surface area contributed by atoms with Gasteiger partial charge in [0.1, 0.15) is 6.61 Å². The van der Waals surface area contributed by atoms with Gasteiger partial charge in [0.25, 0.3) is 0 Å². The molecule has 1 atom stereocenters. The van der Waals surface area contributed by atoms with Crippen LogP contribution >= 0.6 is 0 Å². The van der Waals surface area contributed by atoms with Gasteiger partial charge in [-0.2, -0.15) is 0 Å². The molecule has 0 aliphatic heterocycles. The Bertz CT molecular complexity index is 733. The first-order valence-electron chi connectivity index (χ1n) is 7.90. The van der Waals surface area contributed by atoms with Crippen molar-refractivity contribution in [2.75, 3.05) is 13.2 Å². The fourth-order valence-electron chi connectivity index (χ4n) is 3.11. The molecule has 122 valence electrons. The maximum Gasteiger partial charge on any atom is 0.407 e. The Hall–Kier alpha value is -2.77. The smallest absolute Gasteiger partial charge is 0.407 e. The van der Waals surface area contributed by atoms with Crippen molar-refractivity contribution in [3.8, 4) is 23.5 Å². The molecule has 0 fully saturated rings. The first-order chi connectivity index (χ1) is 11.7. The molecule has 1 aliphatic rings. The number of fused-ring (bicyclic) bond motifs is 3. The molecule has 1 amide bonds. The number of nitrogens with one attached hydrogen (secondary N) is 1. The van der Waals surface area contributed by atoms with Crippen molar-refractivity contribution in [2.45, 2.75) is 18.4 Å². The van der Waals surface area contributed by atoms with Gasteiger partial charge in [0.05, 0.1) is 12.6 Å². The summed E-state index contributed by atoms with van der Waals surface area (Å²) in [5.74, 6) is 2.43. The zero-order chi connectivity index (χ0) is 16.9. The maximum absolute atomic E-state index is 12.0. The third-order valence-electron chi connectivity index (χ3n) is 4.25. The average Bonchev–Trinajstić information content (AvgIpc) is 2.93. The summed E-state index contributed by atoms with van der Waals surface area (Å²) in [6.07, 6.45) is 4.91. The lowest BCUT2D eigenvalue weighted by Gasteiger charge is -2.17. The van der Waals surface area contributed by atoms with E-state index >= 15 is 0 Å². The number of carbonyl (C=O) groups is 1. The fourth-order valence-corrected chi connectivity index (χ4v) is 3.11. The summed E-state index contributed by atoms with van der Waals surface area (Å²) >= 11 is 0. The number of ether oxygens (including phenoxy) is 1. The minimum absolute atomic E-state index is 0.0170. The van der Waals surface area contributed by atoms with Gasteiger partial charge in [-0.15, -0.1) is 12.3 Å². The largest absolute Gasteiger partial charge is 0.449 e. The van der Waals surface area contributed by atoms with Crippen LogP contribution in [0.5, 0.6) is 0 Å². The molecule has 0 saturated heterocycles. The summed E-state index contributed by atoms with van der Waals surface area (Å²) in [5.41, 5.74) is 4.69. The third-order valence-corrected chi connectivity index (χ3v) is 4.25. The van der Waals surface area contributed by atoms with Crippen LogP contribution in [0, 0.1) is 12.3 Å². The molecule has 0 aromatic heterocycles. The highest BCUT2D eigenvalue weighted by atomic mass is 16.5. The van der Waals surface area contributed by atoms with Crippen molar-refractivity contribution in [2.24, 2.45) is 0 Å². The Morgan fingerprint density at radius 2 is 1.75 bits per heavy atom. The van der Waals surface area contributed by atoms with Gasteiger partial charge >= 0.3 is 6.09 Å². The number of terminal acetylenes is 1. The highest BCUT2D eigenvalue weighted by Crippen LogP contribution is 2.44. The normalized spacial score (nSPS) is 13.5. The van der Waals surface area contributed by atoms with Gasteiger partial charge in [-0.3, -0.25) is 0 Å². The Labute approximate surface area is 141 Å². The van der Waals surface area contributed by atoms with Gasteiger partial charge < -0.3 is 15.2 Å². The number of aliphatic hydroxyl groups excluding tert-OH is 1. The number of benzene rings is 2. The average molecular weight is 321 g/mol. The van der Waals surface area contributed by atoms with Crippen LogP contribution in [-0.2, 0) is 4.74 Å².